The summed E-state index contributed by atoms with van der Waals surface area (Å²) in [6, 6.07) is 0. The zero-order chi connectivity index (χ0) is 10.1. The van der Waals surface area contributed by atoms with E-state index in [0.29, 0.717) is 0 Å². The van der Waals surface area contributed by atoms with E-state index < -0.39 is 22.9 Å². The first kappa shape index (κ1) is 9.40. The van der Waals surface area contributed by atoms with E-state index >= 15 is 0 Å². The highest BCUT2D eigenvalue weighted by atomic mass is 16.6. The largest absolute Gasteiger partial charge is 0.479 e. The average Bonchev–Trinajstić information content (AvgIpc) is 2.04. The van der Waals surface area contributed by atoms with Crippen LogP contribution in [0.3, 0.4) is 0 Å². The van der Waals surface area contributed by atoms with Crippen LogP contribution < -0.4 is 0 Å². The van der Waals surface area contributed by atoms with Crippen molar-refractivity contribution in [3.63, 3.8) is 0 Å². The summed E-state index contributed by atoms with van der Waals surface area (Å²) in [5.41, 5.74) is -2.45. The van der Waals surface area contributed by atoms with E-state index in [4.69, 9.17) is 5.11 Å². The molecule has 1 aliphatic rings. The molecule has 6 heteroatoms. The normalized spacial score (nSPS) is 26.7. The molecule has 0 aromatic rings. The minimum atomic E-state index is -2.14. The van der Waals surface area contributed by atoms with Crippen LogP contribution in [-0.4, -0.2) is 26.7 Å². The highest BCUT2D eigenvalue weighted by Crippen LogP contribution is 2.23. The standard InChI is InChI=1S/C7H7NO5/c9-6(10)7(11)3-1-2-5(4-7)8(12)13/h1-3,11H,4H2,(H,9,10). The molecule has 0 aromatic carbocycles. The van der Waals surface area contributed by atoms with Crippen LogP contribution in [0.4, 0.5) is 0 Å². The first-order valence-corrected chi connectivity index (χ1v) is 3.44. The van der Waals surface area contributed by atoms with Crippen LogP contribution in [0.15, 0.2) is 23.9 Å². The van der Waals surface area contributed by atoms with E-state index in [2.05, 4.69) is 0 Å². The second-order valence-electron chi connectivity index (χ2n) is 2.68. The molecule has 6 nitrogen and oxygen atoms in total. The van der Waals surface area contributed by atoms with Gasteiger partial charge < -0.3 is 10.2 Å². The van der Waals surface area contributed by atoms with Crippen molar-refractivity contribution in [2.75, 3.05) is 0 Å². The predicted octanol–water partition coefficient (Wildman–Crippen LogP) is -0.0774. The van der Waals surface area contributed by atoms with Crippen molar-refractivity contribution in [2.45, 2.75) is 12.0 Å². The Hall–Kier alpha value is -1.69. The van der Waals surface area contributed by atoms with Gasteiger partial charge in [0, 0.05) is 6.08 Å². The lowest BCUT2D eigenvalue weighted by molar-refractivity contribution is -0.430. The lowest BCUT2D eigenvalue weighted by Gasteiger charge is -2.19. The van der Waals surface area contributed by atoms with Crippen molar-refractivity contribution >= 4 is 5.97 Å². The molecule has 0 aliphatic heterocycles. The van der Waals surface area contributed by atoms with Crippen molar-refractivity contribution in [1.82, 2.24) is 0 Å². The van der Waals surface area contributed by atoms with Crippen LogP contribution in [-0.2, 0) is 4.79 Å². The number of carboxylic acid groups (broad SMARTS) is 1. The molecule has 13 heavy (non-hydrogen) atoms. The summed E-state index contributed by atoms with van der Waals surface area (Å²) in [6.45, 7) is 0. The van der Waals surface area contributed by atoms with Crippen LogP contribution in [0, 0.1) is 10.1 Å². The summed E-state index contributed by atoms with van der Waals surface area (Å²) >= 11 is 0. The molecule has 0 saturated carbocycles. The fourth-order valence-electron chi connectivity index (χ4n) is 0.985. The van der Waals surface area contributed by atoms with E-state index in [-0.39, 0.29) is 5.70 Å². The summed E-state index contributed by atoms with van der Waals surface area (Å²) in [6.07, 6.45) is 2.83. The quantitative estimate of drug-likeness (QED) is 0.463. The second-order valence-corrected chi connectivity index (χ2v) is 2.68. The van der Waals surface area contributed by atoms with Gasteiger partial charge in [0.25, 0.3) is 0 Å². The second kappa shape index (κ2) is 2.98. The summed E-state index contributed by atoms with van der Waals surface area (Å²) in [5.74, 6) is -1.49. The van der Waals surface area contributed by atoms with Crippen LogP contribution in [0.5, 0.6) is 0 Å². The SMILES string of the molecule is O=C(O)C1(O)C=CC=C([N+](=O)[O-])C1. The molecule has 0 bridgehead atoms. The maximum Gasteiger partial charge on any atom is 0.340 e. The Morgan fingerprint density at radius 2 is 2.31 bits per heavy atom. The Labute approximate surface area is 72.9 Å². The van der Waals surface area contributed by atoms with Crippen molar-refractivity contribution in [1.29, 1.82) is 0 Å². The molecule has 0 radical (unpaired) electrons. The zero-order valence-electron chi connectivity index (χ0n) is 6.51. The summed E-state index contributed by atoms with van der Waals surface area (Å²) in [5, 5.41) is 28.1. The molecule has 1 aliphatic carbocycles. The van der Waals surface area contributed by atoms with Gasteiger partial charge in [-0.25, -0.2) is 4.79 Å². The number of carbonyl (C=O) groups is 1. The molecule has 0 amide bonds. The van der Waals surface area contributed by atoms with Crippen LogP contribution in [0.1, 0.15) is 6.42 Å². The van der Waals surface area contributed by atoms with Gasteiger partial charge in [0.15, 0.2) is 5.60 Å². The highest BCUT2D eigenvalue weighted by Gasteiger charge is 2.39. The number of aliphatic hydroxyl groups is 1. The highest BCUT2D eigenvalue weighted by molar-refractivity contribution is 5.80. The number of nitro groups is 1. The average molecular weight is 185 g/mol. The molecule has 0 saturated heterocycles. The van der Waals surface area contributed by atoms with Gasteiger partial charge in [-0.2, -0.15) is 0 Å². The molecule has 1 atom stereocenters. The number of nitrogens with zero attached hydrogens (tertiary/aromatic N) is 1. The monoisotopic (exact) mass is 185 g/mol. The van der Waals surface area contributed by atoms with Gasteiger partial charge in [-0.05, 0) is 6.08 Å². The molecule has 1 unspecified atom stereocenters. The van der Waals surface area contributed by atoms with Crippen LogP contribution in [0.25, 0.3) is 0 Å². The smallest absolute Gasteiger partial charge is 0.340 e. The first-order chi connectivity index (χ1) is 5.96. The maximum absolute atomic E-state index is 10.5. The first-order valence-electron chi connectivity index (χ1n) is 3.44. The third kappa shape index (κ3) is 1.73. The Morgan fingerprint density at radius 1 is 1.69 bits per heavy atom. The summed E-state index contributed by atoms with van der Waals surface area (Å²) in [7, 11) is 0. The number of hydrogen-bond donors (Lipinski definition) is 2. The Morgan fingerprint density at radius 3 is 2.77 bits per heavy atom. The Balaban J connectivity index is 2.92. The van der Waals surface area contributed by atoms with Gasteiger partial charge in [0.05, 0.1) is 11.3 Å². The number of hydrogen-bond acceptors (Lipinski definition) is 4. The topological polar surface area (TPSA) is 101 Å². The Kier molecular flexibility index (Phi) is 2.16. The van der Waals surface area contributed by atoms with Crippen LogP contribution in [0.2, 0.25) is 0 Å². The van der Waals surface area contributed by atoms with Gasteiger partial charge in [0.1, 0.15) is 0 Å². The third-order valence-electron chi connectivity index (χ3n) is 1.72. The van der Waals surface area contributed by atoms with Gasteiger partial charge in [-0.15, -0.1) is 0 Å². The van der Waals surface area contributed by atoms with Gasteiger partial charge in [-0.1, -0.05) is 6.08 Å². The van der Waals surface area contributed by atoms with Crippen molar-refractivity contribution in [2.24, 2.45) is 0 Å². The van der Waals surface area contributed by atoms with E-state index in [1.807, 2.05) is 0 Å². The van der Waals surface area contributed by atoms with Crippen LogP contribution >= 0.6 is 0 Å². The molecule has 0 heterocycles. The molecular formula is C7H7NO5. The molecule has 2 N–H and O–H groups in total. The van der Waals surface area contributed by atoms with E-state index in [0.717, 1.165) is 18.2 Å². The number of rotatable bonds is 2. The summed E-state index contributed by atoms with van der Waals surface area (Å²) in [4.78, 5) is 20.0. The zero-order valence-corrected chi connectivity index (χ0v) is 6.51. The lowest BCUT2D eigenvalue weighted by atomic mass is 9.93. The lowest BCUT2D eigenvalue weighted by Crippen LogP contribution is -2.38. The third-order valence-corrected chi connectivity index (χ3v) is 1.72. The maximum atomic E-state index is 10.5. The number of carboxylic acids is 1. The Bertz CT molecular complexity index is 319. The van der Waals surface area contributed by atoms with E-state index in [1.54, 1.807) is 0 Å². The fraction of sp³-hybridized carbons (Fsp3) is 0.286. The molecule has 1 rings (SSSR count). The van der Waals surface area contributed by atoms with Crippen molar-refractivity contribution < 1.29 is 19.9 Å². The van der Waals surface area contributed by atoms with Crippen molar-refractivity contribution in [3.8, 4) is 0 Å². The van der Waals surface area contributed by atoms with Crippen molar-refractivity contribution in [3.05, 3.63) is 34.0 Å². The molecule has 70 valence electrons. The molecule has 0 spiro atoms. The van der Waals surface area contributed by atoms with Gasteiger partial charge >= 0.3 is 5.97 Å². The van der Waals surface area contributed by atoms with Gasteiger partial charge in [0.2, 0.25) is 5.70 Å². The fourth-order valence-corrected chi connectivity index (χ4v) is 0.985. The molecule has 0 aromatic heterocycles. The van der Waals surface area contributed by atoms with E-state index in [1.165, 1.54) is 0 Å². The molecular weight excluding hydrogens is 178 g/mol. The minimum absolute atomic E-state index is 0.313. The summed E-state index contributed by atoms with van der Waals surface area (Å²) < 4.78 is 0. The number of allylic oxidation sites excluding steroid dienone is 2. The minimum Gasteiger partial charge on any atom is -0.479 e. The molecule has 0 fully saturated rings. The van der Waals surface area contributed by atoms with E-state index in [9.17, 15) is 20.0 Å². The van der Waals surface area contributed by atoms with Gasteiger partial charge in [-0.3, -0.25) is 10.1 Å². The predicted molar refractivity (Wildman–Crippen MR) is 41.4 cm³/mol. The number of aliphatic carboxylic acids is 1.